The van der Waals surface area contributed by atoms with Crippen LogP contribution < -0.4 is 10.4 Å². The van der Waals surface area contributed by atoms with Crippen molar-refractivity contribution in [1.82, 2.24) is 9.88 Å². The van der Waals surface area contributed by atoms with Crippen molar-refractivity contribution in [3.05, 3.63) is 18.3 Å². The van der Waals surface area contributed by atoms with Gasteiger partial charge in [0, 0.05) is 24.7 Å². The van der Waals surface area contributed by atoms with E-state index in [1.54, 1.807) is 37.9 Å². The lowest BCUT2D eigenvalue weighted by molar-refractivity contribution is -0.121. The van der Waals surface area contributed by atoms with Gasteiger partial charge in [0.05, 0.1) is 11.2 Å². The number of piperazine rings is 1. The fourth-order valence-corrected chi connectivity index (χ4v) is 3.07. The molecule has 158 valence electrons. The summed E-state index contributed by atoms with van der Waals surface area (Å²) in [5.74, 6) is 0.345. The molecule has 0 spiro atoms. The summed E-state index contributed by atoms with van der Waals surface area (Å²) in [4.78, 5) is 32.2. The van der Waals surface area contributed by atoms with Crippen molar-refractivity contribution in [3.63, 3.8) is 0 Å². The van der Waals surface area contributed by atoms with Crippen LogP contribution in [0.1, 0.15) is 48.5 Å². The molecular weight excluding hydrogens is 373 g/mol. The van der Waals surface area contributed by atoms with Gasteiger partial charge in [0.15, 0.2) is 0 Å². The predicted octanol–water partition coefficient (Wildman–Crippen LogP) is 1.96. The molecule has 1 aromatic rings. The second-order valence-electron chi connectivity index (χ2n) is 9.49. The highest BCUT2D eigenvalue weighted by atomic mass is 16.7. The van der Waals surface area contributed by atoms with Crippen LogP contribution in [0.25, 0.3) is 0 Å². The molecule has 0 radical (unpaired) electrons. The molecule has 2 aliphatic rings. The highest BCUT2D eigenvalue weighted by Gasteiger charge is 2.51. The molecule has 0 aromatic carbocycles. The number of aromatic nitrogens is 1. The minimum atomic E-state index is -0.595. The standard InChI is InChI=1S/C20H30BN3O5/c1-18(2,3)27-17(26)23-10-11-24(16(25)13-23)15-9-8-14(12-22-15)21-28-19(4,5)20(6,7)29-21/h8-9,12H,10-11,13H2,1-7H3. The number of amides is 2. The van der Waals surface area contributed by atoms with Gasteiger partial charge in [0.1, 0.15) is 18.0 Å². The van der Waals surface area contributed by atoms with Gasteiger partial charge in [0.2, 0.25) is 5.91 Å². The maximum atomic E-state index is 12.6. The summed E-state index contributed by atoms with van der Waals surface area (Å²) in [5, 5.41) is 0. The van der Waals surface area contributed by atoms with Gasteiger partial charge in [-0.1, -0.05) is 6.07 Å². The zero-order valence-electron chi connectivity index (χ0n) is 18.3. The average Bonchev–Trinajstić information content (AvgIpc) is 2.81. The topological polar surface area (TPSA) is 81.2 Å². The number of anilines is 1. The summed E-state index contributed by atoms with van der Waals surface area (Å²) in [5.41, 5.74) is -0.649. The third-order valence-electron chi connectivity index (χ3n) is 5.45. The number of rotatable bonds is 2. The Labute approximate surface area is 172 Å². The summed E-state index contributed by atoms with van der Waals surface area (Å²) < 4.78 is 17.4. The zero-order valence-corrected chi connectivity index (χ0v) is 18.3. The Balaban J connectivity index is 1.64. The Morgan fingerprint density at radius 2 is 1.76 bits per heavy atom. The molecule has 29 heavy (non-hydrogen) atoms. The van der Waals surface area contributed by atoms with Crippen molar-refractivity contribution in [2.75, 3.05) is 24.5 Å². The van der Waals surface area contributed by atoms with Crippen LogP contribution in [0.2, 0.25) is 0 Å². The first kappa shape index (κ1) is 21.6. The van der Waals surface area contributed by atoms with Gasteiger partial charge in [-0.15, -0.1) is 0 Å². The summed E-state index contributed by atoms with van der Waals surface area (Å²) in [6.45, 7) is 14.1. The molecule has 0 N–H and O–H groups in total. The van der Waals surface area contributed by atoms with Crippen molar-refractivity contribution in [2.24, 2.45) is 0 Å². The Morgan fingerprint density at radius 1 is 1.14 bits per heavy atom. The first-order valence-corrected chi connectivity index (χ1v) is 9.89. The van der Waals surface area contributed by atoms with Gasteiger partial charge in [-0.25, -0.2) is 9.78 Å². The minimum Gasteiger partial charge on any atom is -0.444 e. The number of ether oxygens (including phenoxy) is 1. The van der Waals surface area contributed by atoms with Gasteiger partial charge in [0.25, 0.3) is 0 Å². The van der Waals surface area contributed by atoms with E-state index in [2.05, 4.69) is 4.98 Å². The van der Waals surface area contributed by atoms with Gasteiger partial charge in [-0.05, 0) is 54.5 Å². The van der Waals surface area contributed by atoms with Crippen molar-refractivity contribution >= 4 is 30.4 Å². The largest absolute Gasteiger partial charge is 0.496 e. The van der Waals surface area contributed by atoms with E-state index in [9.17, 15) is 9.59 Å². The molecule has 9 heteroatoms. The van der Waals surface area contributed by atoms with E-state index in [4.69, 9.17) is 14.0 Å². The maximum Gasteiger partial charge on any atom is 0.496 e. The molecule has 3 heterocycles. The fraction of sp³-hybridized carbons (Fsp3) is 0.650. The minimum absolute atomic E-state index is 0.0322. The van der Waals surface area contributed by atoms with E-state index in [0.29, 0.717) is 18.9 Å². The number of carbonyl (C=O) groups excluding carboxylic acids is 2. The van der Waals surface area contributed by atoms with Crippen LogP contribution in [0, 0.1) is 0 Å². The van der Waals surface area contributed by atoms with Crippen LogP contribution in [0.5, 0.6) is 0 Å². The van der Waals surface area contributed by atoms with E-state index in [1.165, 1.54) is 4.90 Å². The van der Waals surface area contributed by atoms with Gasteiger partial charge >= 0.3 is 13.2 Å². The van der Waals surface area contributed by atoms with Crippen LogP contribution in [0.15, 0.2) is 18.3 Å². The van der Waals surface area contributed by atoms with Crippen LogP contribution >= 0.6 is 0 Å². The second kappa shape index (κ2) is 7.29. The SMILES string of the molecule is CC(C)(C)OC(=O)N1CCN(c2ccc(B3OC(C)(C)C(C)(C)O3)cn2)C(=O)C1. The average molecular weight is 403 g/mol. The van der Waals surface area contributed by atoms with Crippen molar-refractivity contribution in [3.8, 4) is 0 Å². The quantitative estimate of drug-likeness (QED) is 0.703. The Hall–Kier alpha value is -2.13. The predicted molar refractivity (Wildman–Crippen MR) is 110 cm³/mol. The van der Waals surface area contributed by atoms with Crippen LogP contribution in [-0.4, -0.2) is 65.4 Å². The zero-order chi connectivity index (χ0) is 21.6. The summed E-state index contributed by atoms with van der Waals surface area (Å²) in [6, 6.07) is 3.64. The maximum absolute atomic E-state index is 12.6. The number of nitrogens with zero attached hydrogens (tertiary/aromatic N) is 3. The van der Waals surface area contributed by atoms with Crippen LogP contribution in [0.3, 0.4) is 0 Å². The Morgan fingerprint density at radius 3 is 2.24 bits per heavy atom. The van der Waals surface area contributed by atoms with Crippen molar-refractivity contribution in [1.29, 1.82) is 0 Å². The number of hydrogen-bond acceptors (Lipinski definition) is 6. The van der Waals surface area contributed by atoms with E-state index >= 15 is 0 Å². The van der Waals surface area contributed by atoms with E-state index in [1.807, 2.05) is 33.8 Å². The summed E-state index contributed by atoms with van der Waals surface area (Å²) in [7, 11) is -0.499. The van der Waals surface area contributed by atoms with Gasteiger partial charge in [-0.3, -0.25) is 14.6 Å². The summed E-state index contributed by atoms with van der Waals surface area (Å²) >= 11 is 0. The van der Waals surface area contributed by atoms with E-state index < -0.39 is 30.0 Å². The lowest BCUT2D eigenvalue weighted by Crippen LogP contribution is -2.53. The third kappa shape index (κ3) is 4.56. The second-order valence-corrected chi connectivity index (χ2v) is 9.49. The van der Waals surface area contributed by atoms with Gasteiger partial charge < -0.3 is 14.0 Å². The molecule has 1 aromatic heterocycles. The highest BCUT2D eigenvalue weighted by molar-refractivity contribution is 6.62. The highest BCUT2D eigenvalue weighted by Crippen LogP contribution is 2.36. The monoisotopic (exact) mass is 403 g/mol. The number of pyridine rings is 1. The molecule has 0 aliphatic carbocycles. The summed E-state index contributed by atoms with van der Waals surface area (Å²) in [6.07, 6.45) is 1.19. The van der Waals surface area contributed by atoms with E-state index in [0.717, 1.165) is 5.46 Å². The van der Waals surface area contributed by atoms with Crippen LogP contribution in [0.4, 0.5) is 10.6 Å². The first-order valence-electron chi connectivity index (χ1n) is 9.89. The Bertz CT molecular complexity index is 772. The van der Waals surface area contributed by atoms with Crippen LogP contribution in [-0.2, 0) is 18.8 Å². The van der Waals surface area contributed by atoms with Crippen molar-refractivity contribution in [2.45, 2.75) is 65.3 Å². The fourth-order valence-electron chi connectivity index (χ4n) is 3.07. The van der Waals surface area contributed by atoms with Gasteiger partial charge in [-0.2, -0.15) is 0 Å². The smallest absolute Gasteiger partial charge is 0.444 e. The molecule has 0 bridgehead atoms. The lowest BCUT2D eigenvalue weighted by Gasteiger charge is -2.34. The number of hydrogen-bond donors (Lipinski definition) is 0. The molecule has 2 fully saturated rings. The normalized spacial score (nSPS) is 21.5. The molecule has 0 saturated carbocycles. The van der Waals surface area contributed by atoms with Crippen molar-refractivity contribution < 1.29 is 23.6 Å². The van der Waals surface area contributed by atoms with E-state index in [-0.39, 0.29) is 12.5 Å². The lowest BCUT2D eigenvalue weighted by atomic mass is 9.80. The third-order valence-corrected chi connectivity index (χ3v) is 5.45. The number of carbonyl (C=O) groups is 2. The molecule has 3 rings (SSSR count). The molecule has 0 atom stereocenters. The molecule has 8 nitrogen and oxygen atoms in total. The molecule has 2 saturated heterocycles. The Kier molecular flexibility index (Phi) is 5.42. The molecule has 0 unspecified atom stereocenters. The molecular formula is C20H30BN3O5. The molecule has 2 amide bonds. The molecule has 2 aliphatic heterocycles. The first-order chi connectivity index (χ1) is 13.3.